The van der Waals surface area contributed by atoms with Crippen LogP contribution in [0.1, 0.15) is 37.6 Å². The molecule has 5 nitrogen and oxygen atoms in total. The summed E-state index contributed by atoms with van der Waals surface area (Å²) in [5, 5.41) is 6.23. The SMILES string of the molecule is CCCNc1cc(C(=O)NCCOCC(C)C)cc(Cl)n1. The number of nitrogens with zero attached hydrogens (tertiary/aromatic N) is 1. The van der Waals surface area contributed by atoms with E-state index in [9.17, 15) is 4.79 Å². The Labute approximate surface area is 131 Å². The van der Waals surface area contributed by atoms with Crippen molar-refractivity contribution < 1.29 is 9.53 Å². The molecule has 21 heavy (non-hydrogen) atoms. The zero-order chi connectivity index (χ0) is 15.7. The van der Waals surface area contributed by atoms with Gasteiger partial charge in [-0.3, -0.25) is 4.79 Å². The van der Waals surface area contributed by atoms with E-state index in [2.05, 4.69) is 36.4 Å². The summed E-state index contributed by atoms with van der Waals surface area (Å²) < 4.78 is 5.42. The largest absolute Gasteiger partial charge is 0.379 e. The summed E-state index contributed by atoms with van der Waals surface area (Å²) in [6.45, 7) is 8.69. The third-order valence-corrected chi connectivity index (χ3v) is 2.79. The van der Waals surface area contributed by atoms with Crippen LogP contribution in [0, 0.1) is 5.92 Å². The van der Waals surface area contributed by atoms with Crippen LogP contribution in [0.25, 0.3) is 0 Å². The summed E-state index contributed by atoms with van der Waals surface area (Å²) in [5.41, 5.74) is 0.498. The lowest BCUT2D eigenvalue weighted by molar-refractivity contribution is 0.0886. The fraction of sp³-hybridized carbons (Fsp3) is 0.600. The first-order valence-electron chi connectivity index (χ1n) is 7.30. The number of carbonyl (C=O) groups excluding carboxylic acids is 1. The normalized spacial score (nSPS) is 10.7. The predicted molar refractivity (Wildman–Crippen MR) is 86.0 cm³/mol. The predicted octanol–water partition coefficient (Wildman–Crippen LogP) is 2.96. The van der Waals surface area contributed by atoms with Crippen molar-refractivity contribution in [2.45, 2.75) is 27.2 Å². The van der Waals surface area contributed by atoms with E-state index >= 15 is 0 Å². The van der Waals surface area contributed by atoms with Crippen molar-refractivity contribution in [3.63, 3.8) is 0 Å². The summed E-state index contributed by atoms with van der Waals surface area (Å²) in [5.74, 6) is 0.935. The number of rotatable bonds is 9. The van der Waals surface area contributed by atoms with E-state index in [-0.39, 0.29) is 5.91 Å². The third-order valence-electron chi connectivity index (χ3n) is 2.60. The van der Waals surface area contributed by atoms with Gasteiger partial charge >= 0.3 is 0 Å². The van der Waals surface area contributed by atoms with Crippen LogP contribution < -0.4 is 10.6 Å². The molecule has 0 atom stereocenters. The van der Waals surface area contributed by atoms with Gasteiger partial charge in [-0.25, -0.2) is 4.98 Å². The van der Waals surface area contributed by atoms with Crippen LogP contribution in [0.5, 0.6) is 0 Å². The smallest absolute Gasteiger partial charge is 0.251 e. The molecule has 0 aromatic carbocycles. The Morgan fingerprint density at radius 3 is 2.81 bits per heavy atom. The average Bonchev–Trinajstić information content (AvgIpc) is 2.43. The number of nitrogens with one attached hydrogen (secondary N) is 2. The zero-order valence-electron chi connectivity index (χ0n) is 12.9. The molecule has 1 heterocycles. The van der Waals surface area contributed by atoms with Gasteiger partial charge in [0.1, 0.15) is 11.0 Å². The highest BCUT2D eigenvalue weighted by atomic mass is 35.5. The molecule has 1 amide bonds. The Hall–Kier alpha value is -1.33. The second-order valence-corrected chi connectivity index (χ2v) is 5.60. The van der Waals surface area contributed by atoms with E-state index < -0.39 is 0 Å². The van der Waals surface area contributed by atoms with Gasteiger partial charge in [0.05, 0.1) is 6.61 Å². The maximum absolute atomic E-state index is 12.0. The highest BCUT2D eigenvalue weighted by Gasteiger charge is 2.08. The van der Waals surface area contributed by atoms with Gasteiger partial charge in [-0.15, -0.1) is 0 Å². The minimum Gasteiger partial charge on any atom is -0.379 e. The van der Waals surface area contributed by atoms with Gasteiger partial charge in [-0.05, 0) is 24.5 Å². The molecule has 0 unspecified atom stereocenters. The van der Waals surface area contributed by atoms with Crippen molar-refractivity contribution in [1.29, 1.82) is 0 Å². The molecule has 0 aliphatic heterocycles. The fourth-order valence-corrected chi connectivity index (χ4v) is 1.84. The molecule has 1 rings (SSSR count). The van der Waals surface area contributed by atoms with Gasteiger partial charge in [-0.1, -0.05) is 32.4 Å². The quantitative estimate of drug-likeness (QED) is 0.543. The summed E-state index contributed by atoms with van der Waals surface area (Å²) in [7, 11) is 0. The maximum Gasteiger partial charge on any atom is 0.251 e. The molecule has 1 aromatic heterocycles. The summed E-state index contributed by atoms with van der Waals surface area (Å²) in [6.07, 6.45) is 0.975. The summed E-state index contributed by atoms with van der Waals surface area (Å²) >= 11 is 5.94. The van der Waals surface area contributed by atoms with Crippen LogP contribution in [-0.2, 0) is 4.74 Å². The van der Waals surface area contributed by atoms with E-state index in [1.165, 1.54) is 0 Å². The van der Waals surface area contributed by atoms with Crippen LogP contribution in [0.15, 0.2) is 12.1 Å². The third kappa shape index (κ3) is 7.29. The van der Waals surface area contributed by atoms with Crippen LogP contribution in [0.2, 0.25) is 5.15 Å². The minimum atomic E-state index is -0.174. The Balaban J connectivity index is 2.47. The van der Waals surface area contributed by atoms with Gasteiger partial charge in [0.25, 0.3) is 5.91 Å². The highest BCUT2D eigenvalue weighted by molar-refractivity contribution is 6.29. The molecule has 6 heteroatoms. The van der Waals surface area contributed by atoms with Crippen molar-refractivity contribution in [2.75, 3.05) is 31.6 Å². The highest BCUT2D eigenvalue weighted by Crippen LogP contribution is 2.14. The van der Waals surface area contributed by atoms with Crippen molar-refractivity contribution in [1.82, 2.24) is 10.3 Å². The number of anilines is 1. The van der Waals surface area contributed by atoms with Gasteiger partial charge in [0.15, 0.2) is 0 Å². The summed E-state index contributed by atoms with van der Waals surface area (Å²) in [6, 6.07) is 3.26. The van der Waals surface area contributed by atoms with E-state index in [0.717, 1.165) is 13.0 Å². The van der Waals surface area contributed by atoms with Crippen LogP contribution in [0.3, 0.4) is 0 Å². The first-order chi connectivity index (χ1) is 10.0. The lowest BCUT2D eigenvalue weighted by Crippen LogP contribution is -2.27. The van der Waals surface area contributed by atoms with E-state index in [1.54, 1.807) is 12.1 Å². The molecular formula is C15H24ClN3O2. The molecule has 0 bridgehead atoms. The number of amides is 1. The minimum absolute atomic E-state index is 0.174. The Kier molecular flexibility index (Phi) is 8.08. The standard InChI is InChI=1S/C15H24ClN3O2/c1-4-5-17-14-9-12(8-13(16)19-14)15(20)18-6-7-21-10-11(2)3/h8-9,11H,4-7,10H2,1-3H3,(H,17,19)(H,18,20). The molecule has 0 aliphatic carbocycles. The van der Waals surface area contributed by atoms with Crippen LogP contribution in [-0.4, -0.2) is 37.2 Å². The van der Waals surface area contributed by atoms with E-state index in [1.807, 2.05) is 0 Å². The van der Waals surface area contributed by atoms with Crippen molar-refractivity contribution >= 4 is 23.3 Å². The monoisotopic (exact) mass is 313 g/mol. The van der Waals surface area contributed by atoms with E-state index in [0.29, 0.717) is 42.2 Å². The number of hydrogen-bond donors (Lipinski definition) is 2. The van der Waals surface area contributed by atoms with Gasteiger partial charge in [0.2, 0.25) is 0 Å². The molecule has 0 spiro atoms. The molecule has 0 fully saturated rings. The number of pyridine rings is 1. The van der Waals surface area contributed by atoms with Gasteiger partial charge < -0.3 is 15.4 Å². The molecule has 0 radical (unpaired) electrons. The fourth-order valence-electron chi connectivity index (χ4n) is 1.63. The Morgan fingerprint density at radius 1 is 1.38 bits per heavy atom. The number of carbonyl (C=O) groups is 1. The maximum atomic E-state index is 12.0. The topological polar surface area (TPSA) is 63.2 Å². The van der Waals surface area contributed by atoms with Crippen LogP contribution >= 0.6 is 11.6 Å². The molecule has 2 N–H and O–H groups in total. The van der Waals surface area contributed by atoms with Gasteiger partial charge in [0, 0.05) is 25.3 Å². The lowest BCUT2D eigenvalue weighted by atomic mass is 10.2. The lowest BCUT2D eigenvalue weighted by Gasteiger charge is -2.10. The van der Waals surface area contributed by atoms with Crippen molar-refractivity contribution in [2.24, 2.45) is 5.92 Å². The number of halogens is 1. The Morgan fingerprint density at radius 2 is 2.14 bits per heavy atom. The number of aromatic nitrogens is 1. The molecule has 0 aliphatic rings. The second kappa shape index (κ2) is 9.58. The van der Waals surface area contributed by atoms with Crippen LogP contribution in [0.4, 0.5) is 5.82 Å². The molecular weight excluding hydrogens is 290 g/mol. The molecule has 0 saturated carbocycles. The van der Waals surface area contributed by atoms with E-state index in [4.69, 9.17) is 16.3 Å². The number of hydrogen-bond acceptors (Lipinski definition) is 4. The second-order valence-electron chi connectivity index (χ2n) is 5.22. The molecule has 118 valence electrons. The first-order valence-corrected chi connectivity index (χ1v) is 7.68. The summed E-state index contributed by atoms with van der Waals surface area (Å²) in [4.78, 5) is 16.2. The van der Waals surface area contributed by atoms with Crippen molar-refractivity contribution in [3.05, 3.63) is 22.8 Å². The number of ether oxygens (including phenoxy) is 1. The average molecular weight is 314 g/mol. The first kappa shape index (κ1) is 17.7. The zero-order valence-corrected chi connectivity index (χ0v) is 13.7. The molecule has 0 saturated heterocycles. The van der Waals surface area contributed by atoms with Crippen molar-refractivity contribution in [3.8, 4) is 0 Å². The Bertz CT molecular complexity index is 453. The molecule has 1 aromatic rings. The van der Waals surface area contributed by atoms with Gasteiger partial charge in [-0.2, -0.15) is 0 Å².